The van der Waals surface area contributed by atoms with E-state index in [9.17, 15) is 0 Å². The molecule has 0 aliphatic carbocycles. The largest absolute Gasteiger partial charge is 0.403 e. The summed E-state index contributed by atoms with van der Waals surface area (Å²) in [5.41, 5.74) is 8.09. The first-order valence-electron chi connectivity index (χ1n) is 7.21. The topological polar surface area (TPSA) is 113 Å². The van der Waals surface area contributed by atoms with Crippen LogP contribution in [0.3, 0.4) is 0 Å². The molecule has 0 atom stereocenters. The molecule has 136 valence electrons. The molecule has 2 aromatic carbocycles. The van der Waals surface area contributed by atoms with Crippen LogP contribution in [-0.2, 0) is 0 Å². The lowest BCUT2D eigenvalue weighted by molar-refractivity contribution is 0.588. The first-order chi connectivity index (χ1) is 12.0. The van der Waals surface area contributed by atoms with Crippen molar-refractivity contribution in [2.24, 2.45) is 5.73 Å². The van der Waals surface area contributed by atoms with Crippen molar-refractivity contribution in [3.63, 3.8) is 0 Å². The van der Waals surface area contributed by atoms with Crippen molar-refractivity contribution >= 4 is 59.0 Å². The Bertz CT molecular complexity index is 943. The molecule has 7 nitrogen and oxygen atoms in total. The fraction of sp³-hybridized carbons (Fsp3) is 0.0625. The molecular formula is C16H15Cl3N6O. The van der Waals surface area contributed by atoms with E-state index in [1.807, 2.05) is 37.3 Å². The third-order valence-corrected chi connectivity index (χ3v) is 4.17. The molecular weight excluding hydrogens is 399 g/mol. The summed E-state index contributed by atoms with van der Waals surface area (Å²) in [6.45, 7) is 1.90. The third-order valence-electron chi connectivity index (χ3n) is 3.37. The van der Waals surface area contributed by atoms with E-state index in [0.29, 0.717) is 27.0 Å². The SMILES string of the molecule is Cc1ccc(Cl)c(Nc2ccccc2-c2nnc(NC(=N)N)o2)c1Cl.Cl. The van der Waals surface area contributed by atoms with Crippen LogP contribution in [0.2, 0.25) is 10.0 Å². The van der Waals surface area contributed by atoms with Crippen LogP contribution >= 0.6 is 35.6 Å². The Kier molecular flexibility index (Phi) is 6.31. The molecule has 1 aromatic heterocycles. The Morgan fingerprint density at radius 1 is 1.15 bits per heavy atom. The van der Waals surface area contributed by atoms with Crippen molar-refractivity contribution in [3.8, 4) is 11.5 Å². The second-order valence-electron chi connectivity index (χ2n) is 5.17. The highest BCUT2D eigenvalue weighted by Crippen LogP contribution is 2.37. The van der Waals surface area contributed by atoms with Crippen molar-refractivity contribution in [2.75, 3.05) is 10.6 Å². The van der Waals surface area contributed by atoms with Crippen LogP contribution in [0, 0.1) is 12.3 Å². The van der Waals surface area contributed by atoms with Gasteiger partial charge in [0.15, 0.2) is 5.96 Å². The van der Waals surface area contributed by atoms with Gasteiger partial charge in [0.2, 0.25) is 0 Å². The first kappa shape index (κ1) is 19.8. The maximum atomic E-state index is 7.20. The number of anilines is 3. The number of para-hydroxylation sites is 1. The van der Waals surface area contributed by atoms with Gasteiger partial charge in [-0.25, -0.2) is 0 Å². The zero-order valence-corrected chi connectivity index (χ0v) is 15.8. The second-order valence-corrected chi connectivity index (χ2v) is 5.96. The van der Waals surface area contributed by atoms with Crippen molar-refractivity contribution in [3.05, 3.63) is 52.0 Å². The number of hydrogen-bond acceptors (Lipinski definition) is 5. The quantitative estimate of drug-likeness (QED) is 0.360. The summed E-state index contributed by atoms with van der Waals surface area (Å²) >= 11 is 12.6. The Balaban J connectivity index is 0.00000243. The molecule has 0 saturated heterocycles. The van der Waals surface area contributed by atoms with Gasteiger partial charge in [-0.05, 0) is 30.7 Å². The van der Waals surface area contributed by atoms with E-state index in [2.05, 4.69) is 20.8 Å². The molecule has 0 unspecified atom stereocenters. The van der Waals surface area contributed by atoms with Gasteiger partial charge in [0.05, 0.1) is 27.0 Å². The maximum Gasteiger partial charge on any atom is 0.322 e. The molecule has 3 rings (SSSR count). The number of rotatable bonds is 4. The lowest BCUT2D eigenvalue weighted by Gasteiger charge is -2.14. The molecule has 0 amide bonds. The molecule has 0 bridgehead atoms. The summed E-state index contributed by atoms with van der Waals surface area (Å²) in [5.74, 6) is -0.0355. The number of hydrogen-bond donors (Lipinski definition) is 4. The van der Waals surface area contributed by atoms with Crippen LogP contribution in [0.1, 0.15) is 5.56 Å². The number of benzene rings is 2. The van der Waals surface area contributed by atoms with E-state index < -0.39 is 0 Å². The van der Waals surface area contributed by atoms with Gasteiger partial charge in [0.25, 0.3) is 5.89 Å². The molecule has 0 aliphatic heterocycles. The number of guanidine groups is 1. The van der Waals surface area contributed by atoms with E-state index in [1.165, 1.54) is 0 Å². The van der Waals surface area contributed by atoms with Crippen LogP contribution in [0.4, 0.5) is 17.4 Å². The molecule has 5 N–H and O–H groups in total. The van der Waals surface area contributed by atoms with E-state index in [1.54, 1.807) is 6.07 Å². The average Bonchev–Trinajstić information content (AvgIpc) is 3.03. The van der Waals surface area contributed by atoms with Crippen LogP contribution in [0.15, 0.2) is 40.8 Å². The molecule has 10 heteroatoms. The molecule has 0 saturated carbocycles. The van der Waals surface area contributed by atoms with Gasteiger partial charge in [0, 0.05) is 0 Å². The predicted molar refractivity (Wildman–Crippen MR) is 107 cm³/mol. The van der Waals surface area contributed by atoms with E-state index in [0.717, 1.165) is 5.56 Å². The lowest BCUT2D eigenvalue weighted by atomic mass is 10.1. The number of nitrogens with two attached hydrogens (primary N) is 1. The Morgan fingerprint density at radius 3 is 2.62 bits per heavy atom. The molecule has 0 spiro atoms. The highest BCUT2D eigenvalue weighted by molar-refractivity contribution is 6.39. The smallest absolute Gasteiger partial charge is 0.322 e. The van der Waals surface area contributed by atoms with Crippen LogP contribution in [0.5, 0.6) is 0 Å². The summed E-state index contributed by atoms with van der Waals surface area (Å²) in [7, 11) is 0. The number of halogens is 3. The number of aromatic nitrogens is 2. The second kappa shape index (κ2) is 8.27. The van der Waals surface area contributed by atoms with Crippen LogP contribution < -0.4 is 16.4 Å². The molecule has 1 heterocycles. The van der Waals surface area contributed by atoms with E-state index >= 15 is 0 Å². The van der Waals surface area contributed by atoms with Gasteiger partial charge in [-0.3, -0.25) is 10.7 Å². The molecule has 26 heavy (non-hydrogen) atoms. The maximum absolute atomic E-state index is 7.20. The van der Waals surface area contributed by atoms with Gasteiger partial charge < -0.3 is 15.5 Å². The Labute approximate surface area is 165 Å². The van der Waals surface area contributed by atoms with Gasteiger partial charge in [-0.15, -0.1) is 17.5 Å². The fourth-order valence-corrected chi connectivity index (χ4v) is 2.65. The third kappa shape index (κ3) is 4.19. The molecule has 0 fully saturated rings. The highest BCUT2D eigenvalue weighted by Gasteiger charge is 2.15. The Morgan fingerprint density at radius 2 is 1.88 bits per heavy atom. The highest BCUT2D eigenvalue weighted by atomic mass is 35.5. The lowest BCUT2D eigenvalue weighted by Crippen LogP contribution is -2.20. The number of nitrogens with zero attached hydrogens (tertiary/aromatic N) is 2. The molecule has 0 radical (unpaired) electrons. The first-order valence-corrected chi connectivity index (χ1v) is 7.97. The summed E-state index contributed by atoms with van der Waals surface area (Å²) in [4.78, 5) is 0. The number of nitrogens with one attached hydrogen (secondary N) is 3. The van der Waals surface area contributed by atoms with Gasteiger partial charge >= 0.3 is 6.01 Å². The zero-order valence-electron chi connectivity index (χ0n) is 13.5. The van der Waals surface area contributed by atoms with Crippen molar-refractivity contribution in [1.82, 2.24) is 10.2 Å². The van der Waals surface area contributed by atoms with E-state index in [-0.39, 0.29) is 30.3 Å². The van der Waals surface area contributed by atoms with Crippen LogP contribution in [0.25, 0.3) is 11.5 Å². The predicted octanol–water partition coefficient (Wildman–Crippen LogP) is 4.82. The van der Waals surface area contributed by atoms with Crippen molar-refractivity contribution < 1.29 is 4.42 Å². The minimum atomic E-state index is -0.292. The van der Waals surface area contributed by atoms with Gasteiger partial charge in [-0.1, -0.05) is 46.5 Å². The summed E-state index contributed by atoms with van der Waals surface area (Å²) in [5, 5.41) is 21.7. The van der Waals surface area contributed by atoms with Gasteiger partial charge in [0.1, 0.15) is 0 Å². The van der Waals surface area contributed by atoms with Crippen molar-refractivity contribution in [2.45, 2.75) is 6.92 Å². The minimum Gasteiger partial charge on any atom is -0.403 e. The fourth-order valence-electron chi connectivity index (χ4n) is 2.18. The summed E-state index contributed by atoms with van der Waals surface area (Å²) < 4.78 is 5.48. The number of aryl methyl sites for hydroxylation is 1. The van der Waals surface area contributed by atoms with E-state index in [4.69, 9.17) is 38.8 Å². The summed E-state index contributed by atoms with van der Waals surface area (Å²) in [6.07, 6.45) is 0. The standard InChI is InChI=1S/C16H14Cl2N6O.ClH/c1-8-6-7-10(17)13(12(8)18)21-11-5-3-2-4-9(11)14-23-24-16(25-14)22-15(19)20;/h2-7,21H,1H3,(H4,19,20,22,24);1H. The minimum absolute atomic E-state index is 0. The normalized spacial score (nSPS) is 10.1. The van der Waals surface area contributed by atoms with Crippen LogP contribution in [-0.4, -0.2) is 16.2 Å². The Hall–Kier alpha value is -2.48. The monoisotopic (exact) mass is 412 g/mol. The van der Waals surface area contributed by atoms with Gasteiger partial charge in [-0.2, -0.15) is 0 Å². The van der Waals surface area contributed by atoms with Crippen molar-refractivity contribution in [1.29, 1.82) is 5.41 Å². The zero-order chi connectivity index (χ0) is 18.0. The molecule has 0 aliphatic rings. The molecule has 3 aromatic rings. The summed E-state index contributed by atoms with van der Waals surface area (Å²) in [6, 6.07) is 11.0. The average molecular weight is 414 g/mol.